The molecular formula is C28H32F3N3O4S2. The monoisotopic (exact) mass is 595 g/mol. The molecule has 2 aromatic carbocycles. The van der Waals surface area contributed by atoms with Gasteiger partial charge in [0.1, 0.15) is 5.72 Å². The lowest BCUT2D eigenvalue weighted by molar-refractivity contribution is -0.141. The first kappa shape index (κ1) is 30.2. The van der Waals surface area contributed by atoms with E-state index in [1.165, 1.54) is 48.6 Å². The van der Waals surface area contributed by atoms with E-state index in [1.54, 1.807) is 24.0 Å². The number of thiazole rings is 1. The van der Waals surface area contributed by atoms with Gasteiger partial charge in [-0.2, -0.15) is 13.2 Å². The highest BCUT2D eigenvalue weighted by atomic mass is 32.2. The first-order valence-corrected chi connectivity index (χ1v) is 15.3. The summed E-state index contributed by atoms with van der Waals surface area (Å²) in [4.78, 5) is 20.1. The summed E-state index contributed by atoms with van der Waals surface area (Å²) in [6.07, 6.45) is -4.72. The zero-order valence-corrected chi connectivity index (χ0v) is 24.3. The normalized spacial score (nSPS) is 17.6. The molecule has 2 heterocycles. The van der Waals surface area contributed by atoms with E-state index in [-0.39, 0.29) is 53.5 Å². The maximum Gasteiger partial charge on any atom is 0.416 e. The molecule has 0 saturated carbocycles. The number of benzene rings is 2. The lowest BCUT2D eigenvalue weighted by atomic mass is 9.94. The number of aliphatic hydroxyl groups is 1. The van der Waals surface area contributed by atoms with Crippen LogP contribution in [-0.4, -0.2) is 40.8 Å². The number of anilines is 1. The molecule has 0 saturated heterocycles. The summed E-state index contributed by atoms with van der Waals surface area (Å²) in [5.41, 5.74) is -1.00. The third kappa shape index (κ3) is 6.40. The average molecular weight is 596 g/mol. The van der Waals surface area contributed by atoms with Crippen molar-refractivity contribution in [1.29, 1.82) is 0 Å². The SMILES string of the molecule is CCS(=O)(=O)c1ccc(CC(=O)Nc2nc3c(s2)CN([C@](C)(O)Cc2ccccc2C(F)(F)F)[C@@H]3C(C)C)cc1. The zero-order chi connectivity index (χ0) is 29.5. The fraction of sp³-hybridized carbons (Fsp3) is 0.429. The van der Waals surface area contributed by atoms with Gasteiger partial charge in [0.05, 0.1) is 34.4 Å². The van der Waals surface area contributed by atoms with Gasteiger partial charge in [-0.05, 0) is 42.2 Å². The molecule has 12 heteroatoms. The van der Waals surface area contributed by atoms with Crippen molar-refractivity contribution in [2.24, 2.45) is 5.92 Å². The number of amides is 1. The van der Waals surface area contributed by atoms with Gasteiger partial charge in [-0.1, -0.05) is 51.1 Å². The molecule has 1 amide bonds. The second-order valence-corrected chi connectivity index (χ2v) is 13.8. The van der Waals surface area contributed by atoms with Crippen LogP contribution < -0.4 is 5.32 Å². The van der Waals surface area contributed by atoms with E-state index in [0.717, 1.165) is 10.9 Å². The zero-order valence-electron chi connectivity index (χ0n) is 22.6. The average Bonchev–Trinajstić information content (AvgIpc) is 3.41. The molecule has 0 unspecified atom stereocenters. The summed E-state index contributed by atoms with van der Waals surface area (Å²) in [6.45, 7) is 7.27. The van der Waals surface area contributed by atoms with Crippen LogP contribution in [0.5, 0.6) is 0 Å². The molecule has 7 nitrogen and oxygen atoms in total. The standard InChI is InChI=1S/C28H32F3N3O4S2/c1-5-40(37,38)20-12-10-18(11-13-20)14-23(35)32-26-33-24-22(39-26)16-34(25(24)17(2)3)27(4,36)15-19-8-6-7-9-21(19)28(29,30)31/h6-13,17,25,36H,5,14-16H2,1-4H3,(H,32,33,35)/t25-,27-/m1/s1. The minimum absolute atomic E-state index is 0.00731. The summed E-state index contributed by atoms with van der Waals surface area (Å²) >= 11 is 1.27. The van der Waals surface area contributed by atoms with Crippen molar-refractivity contribution >= 4 is 32.2 Å². The van der Waals surface area contributed by atoms with Gasteiger partial charge in [0, 0.05) is 17.8 Å². The fourth-order valence-corrected chi connectivity index (χ4v) is 6.95. The van der Waals surface area contributed by atoms with Gasteiger partial charge in [-0.3, -0.25) is 9.69 Å². The molecule has 0 bridgehead atoms. The van der Waals surface area contributed by atoms with E-state index in [0.29, 0.717) is 16.4 Å². The molecule has 4 rings (SSSR count). The molecule has 0 radical (unpaired) electrons. The molecule has 1 aromatic heterocycles. The number of hydrogen-bond acceptors (Lipinski definition) is 7. The minimum Gasteiger partial charge on any atom is -0.376 e. The summed E-state index contributed by atoms with van der Waals surface area (Å²) < 4.78 is 64.7. The van der Waals surface area contributed by atoms with Crippen LogP contribution in [0, 0.1) is 5.92 Å². The van der Waals surface area contributed by atoms with E-state index in [2.05, 4.69) is 10.3 Å². The number of nitrogens with one attached hydrogen (secondary N) is 1. The number of rotatable bonds is 9. The van der Waals surface area contributed by atoms with E-state index < -0.39 is 27.3 Å². The van der Waals surface area contributed by atoms with Crippen molar-refractivity contribution in [2.75, 3.05) is 11.1 Å². The van der Waals surface area contributed by atoms with Crippen LogP contribution in [0.4, 0.5) is 18.3 Å². The van der Waals surface area contributed by atoms with Gasteiger partial charge in [-0.25, -0.2) is 13.4 Å². The van der Waals surface area contributed by atoms with Gasteiger partial charge in [0.25, 0.3) is 0 Å². The van der Waals surface area contributed by atoms with Crippen LogP contribution >= 0.6 is 11.3 Å². The quantitative estimate of drug-likeness (QED) is 0.334. The fourth-order valence-electron chi connectivity index (χ4n) is 5.05. The van der Waals surface area contributed by atoms with Crippen molar-refractivity contribution < 1.29 is 31.5 Å². The Hall–Kier alpha value is -2.80. The Morgan fingerprint density at radius 3 is 2.42 bits per heavy atom. The van der Waals surface area contributed by atoms with E-state index in [9.17, 15) is 31.5 Å². The Labute approximate surface area is 236 Å². The predicted molar refractivity (Wildman–Crippen MR) is 148 cm³/mol. The lowest BCUT2D eigenvalue weighted by Crippen LogP contribution is -2.48. The number of halogens is 3. The first-order chi connectivity index (χ1) is 18.6. The number of nitrogens with zero attached hydrogens (tertiary/aromatic N) is 2. The van der Waals surface area contributed by atoms with Gasteiger partial charge in [0.2, 0.25) is 5.91 Å². The van der Waals surface area contributed by atoms with E-state index in [1.807, 2.05) is 13.8 Å². The number of sulfone groups is 1. The third-order valence-electron chi connectivity index (χ3n) is 7.03. The Kier molecular flexibility index (Phi) is 8.47. The topological polar surface area (TPSA) is 99.6 Å². The van der Waals surface area contributed by atoms with Crippen LogP contribution in [0.3, 0.4) is 0 Å². The Morgan fingerprint density at radius 1 is 1.18 bits per heavy atom. The van der Waals surface area contributed by atoms with Crippen molar-refractivity contribution in [2.45, 2.75) is 69.9 Å². The third-order valence-corrected chi connectivity index (χ3v) is 9.75. The minimum atomic E-state index is -4.53. The lowest BCUT2D eigenvalue weighted by Gasteiger charge is -2.40. The van der Waals surface area contributed by atoms with Crippen molar-refractivity contribution in [3.8, 4) is 0 Å². The van der Waals surface area contributed by atoms with Gasteiger partial charge in [-0.15, -0.1) is 11.3 Å². The molecule has 40 heavy (non-hydrogen) atoms. The first-order valence-electron chi connectivity index (χ1n) is 12.9. The molecule has 2 N–H and O–H groups in total. The molecule has 0 spiro atoms. The number of carbonyl (C=O) groups is 1. The maximum atomic E-state index is 13.6. The summed E-state index contributed by atoms with van der Waals surface area (Å²) in [7, 11) is -3.33. The molecule has 216 valence electrons. The molecule has 1 aliphatic heterocycles. The molecule has 3 aromatic rings. The summed E-state index contributed by atoms with van der Waals surface area (Å²) in [6, 6.07) is 11.1. The van der Waals surface area contributed by atoms with Crippen LogP contribution in [-0.2, 0) is 40.2 Å². The highest BCUT2D eigenvalue weighted by molar-refractivity contribution is 7.91. The van der Waals surface area contributed by atoms with E-state index >= 15 is 0 Å². The van der Waals surface area contributed by atoms with Crippen LogP contribution in [0.15, 0.2) is 53.4 Å². The summed E-state index contributed by atoms with van der Waals surface area (Å²) in [5.74, 6) is -0.339. The van der Waals surface area contributed by atoms with Gasteiger partial charge < -0.3 is 10.4 Å². The highest BCUT2D eigenvalue weighted by Gasteiger charge is 2.45. The number of aromatic nitrogens is 1. The Bertz CT molecular complexity index is 1480. The second-order valence-electron chi connectivity index (χ2n) is 10.5. The van der Waals surface area contributed by atoms with E-state index in [4.69, 9.17) is 0 Å². The smallest absolute Gasteiger partial charge is 0.376 e. The molecule has 1 aliphatic rings. The Morgan fingerprint density at radius 2 is 1.82 bits per heavy atom. The number of fused-ring (bicyclic) bond motifs is 1. The van der Waals surface area contributed by atoms with Crippen molar-refractivity contribution in [3.05, 3.63) is 75.8 Å². The molecule has 0 fully saturated rings. The van der Waals surface area contributed by atoms with Crippen LogP contribution in [0.25, 0.3) is 0 Å². The van der Waals surface area contributed by atoms with Crippen LogP contribution in [0.2, 0.25) is 0 Å². The van der Waals surface area contributed by atoms with Crippen molar-refractivity contribution in [1.82, 2.24) is 9.88 Å². The second kappa shape index (κ2) is 11.2. The maximum absolute atomic E-state index is 13.6. The predicted octanol–water partition coefficient (Wildman–Crippen LogP) is 5.60. The van der Waals surface area contributed by atoms with Gasteiger partial charge in [0.15, 0.2) is 15.0 Å². The molecule has 0 aliphatic carbocycles. The number of alkyl halides is 3. The van der Waals surface area contributed by atoms with Crippen LogP contribution in [0.1, 0.15) is 61.0 Å². The number of hydrogen-bond donors (Lipinski definition) is 2. The molecule has 2 atom stereocenters. The summed E-state index contributed by atoms with van der Waals surface area (Å²) in [5, 5.41) is 14.7. The largest absolute Gasteiger partial charge is 0.416 e. The molecular weight excluding hydrogens is 563 g/mol. The van der Waals surface area contributed by atoms with Crippen molar-refractivity contribution in [3.63, 3.8) is 0 Å². The number of carbonyl (C=O) groups excluding carboxylic acids is 1. The Balaban J connectivity index is 1.48. The van der Waals surface area contributed by atoms with Gasteiger partial charge >= 0.3 is 6.18 Å². The highest BCUT2D eigenvalue weighted by Crippen LogP contribution is 2.46.